The zero-order valence-corrected chi connectivity index (χ0v) is 19.7. The molecule has 4 rings (SSSR count). The molecule has 2 saturated heterocycles. The van der Waals surface area contributed by atoms with Gasteiger partial charge in [-0.1, -0.05) is 30.3 Å². The van der Waals surface area contributed by atoms with Crippen LogP contribution in [0.1, 0.15) is 31.7 Å². The fourth-order valence-corrected chi connectivity index (χ4v) is 4.31. The Morgan fingerprint density at radius 1 is 1.14 bits per heavy atom. The van der Waals surface area contributed by atoms with Crippen molar-refractivity contribution in [1.29, 1.82) is 0 Å². The molecule has 0 spiro atoms. The van der Waals surface area contributed by atoms with Gasteiger partial charge in [-0.25, -0.2) is 9.18 Å². The molecule has 186 valence electrons. The van der Waals surface area contributed by atoms with Gasteiger partial charge >= 0.3 is 6.09 Å². The largest absolute Gasteiger partial charge is 0.487 e. The number of halogens is 1. The van der Waals surface area contributed by atoms with E-state index in [1.165, 1.54) is 24.0 Å². The van der Waals surface area contributed by atoms with Crippen molar-refractivity contribution >= 4 is 23.6 Å². The highest BCUT2D eigenvalue weighted by Crippen LogP contribution is 2.29. The van der Waals surface area contributed by atoms with E-state index in [1.54, 1.807) is 6.07 Å². The molecular formula is C26H30FN3O5. The average molecular weight is 484 g/mol. The molecule has 0 radical (unpaired) electrons. The molecule has 0 bridgehead atoms. The molecule has 2 fully saturated rings. The van der Waals surface area contributed by atoms with E-state index in [0.717, 1.165) is 5.56 Å². The summed E-state index contributed by atoms with van der Waals surface area (Å²) in [7, 11) is 0. The predicted octanol–water partition coefficient (Wildman–Crippen LogP) is 3.29. The van der Waals surface area contributed by atoms with Gasteiger partial charge in [-0.2, -0.15) is 0 Å². The van der Waals surface area contributed by atoms with Crippen LogP contribution in [0.2, 0.25) is 0 Å². The molecule has 2 aromatic rings. The number of likely N-dealkylation sites (tertiary alicyclic amines) is 1. The number of ether oxygens (including phenoxy) is 2. The van der Waals surface area contributed by atoms with Gasteiger partial charge in [0.2, 0.25) is 11.8 Å². The topological polar surface area (TPSA) is 88.2 Å². The van der Waals surface area contributed by atoms with Gasteiger partial charge in [0.1, 0.15) is 12.2 Å². The van der Waals surface area contributed by atoms with Crippen molar-refractivity contribution in [3.05, 3.63) is 59.9 Å². The van der Waals surface area contributed by atoms with E-state index in [0.29, 0.717) is 44.5 Å². The number of aryl methyl sites for hydroxylation is 1. The van der Waals surface area contributed by atoms with E-state index in [1.807, 2.05) is 35.2 Å². The third-order valence-electron chi connectivity index (χ3n) is 6.24. The smallest absolute Gasteiger partial charge is 0.414 e. The Labute approximate surface area is 204 Å². The molecule has 0 aromatic heterocycles. The monoisotopic (exact) mass is 483 g/mol. The van der Waals surface area contributed by atoms with E-state index in [-0.39, 0.29) is 36.8 Å². The Hall–Kier alpha value is -3.62. The minimum Gasteiger partial charge on any atom is -0.487 e. The molecule has 0 aliphatic carbocycles. The Morgan fingerprint density at radius 2 is 1.89 bits per heavy atom. The molecule has 0 unspecified atom stereocenters. The van der Waals surface area contributed by atoms with Crippen molar-refractivity contribution in [2.75, 3.05) is 31.1 Å². The van der Waals surface area contributed by atoms with Crippen LogP contribution in [0, 0.1) is 5.82 Å². The normalized spacial score (nSPS) is 18.3. The molecule has 35 heavy (non-hydrogen) atoms. The molecular weight excluding hydrogens is 453 g/mol. The fraction of sp³-hybridized carbons (Fsp3) is 0.423. The second-order valence-electron chi connectivity index (χ2n) is 8.85. The summed E-state index contributed by atoms with van der Waals surface area (Å²) in [4.78, 5) is 38.9. The average Bonchev–Trinajstić information content (AvgIpc) is 3.24. The van der Waals surface area contributed by atoms with Crippen LogP contribution in [0.3, 0.4) is 0 Å². The van der Waals surface area contributed by atoms with Crippen LogP contribution in [0.4, 0.5) is 14.9 Å². The number of piperidine rings is 1. The molecule has 8 nitrogen and oxygen atoms in total. The van der Waals surface area contributed by atoms with Gasteiger partial charge in [0.05, 0.1) is 18.8 Å². The molecule has 0 saturated carbocycles. The fourth-order valence-electron chi connectivity index (χ4n) is 4.31. The first-order valence-corrected chi connectivity index (χ1v) is 11.9. The summed E-state index contributed by atoms with van der Waals surface area (Å²) in [6.07, 6.45) is 1.17. The maximum atomic E-state index is 14.8. The lowest BCUT2D eigenvalue weighted by molar-refractivity contribution is -0.133. The summed E-state index contributed by atoms with van der Waals surface area (Å²) in [5.41, 5.74) is 1.51. The first kappa shape index (κ1) is 24.5. The van der Waals surface area contributed by atoms with Crippen molar-refractivity contribution < 1.29 is 28.2 Å². The standard InChI is InChI=1S/C26H30FN3O5/c1-18(31)28-16-22-17-30(26(33)35-22)20-8-9-24(23(27)15-20)34-21-11-13-29(14-12-21)25(32)10-7-19-5-3-2-4-6-19/h2-6,8-9,15,21-22H,7,10-14,16-17H2,1H3,(H,28,31)/t22-/m0/s1. The van der Waals surface area contributed by atoms with Gasteiger partial charge in [-0.15, -0.1) is 0 Å². The number of hydrogen-bond donors (Lipinski definition) is 1. The number of hydrogen-bond acceptors (Lipinski definition) is 5. The van der Waals surface area contributed by atoms with E-state index in [2.05, 4.69) is 5.32 Å². The highest BCUT2D eigenvalue weighted by molar-refractivity contribution is 5.90. The number of nitrogens with one attached hydrogen (secondary N) is 1. The summed E-state index contributed by atoms with van der Waals surface area (Å²) >= 11 is 0. The first-order chi connectivity index (χ1) is 16.9. The highest BCUT2D eigenvalue weighted by Gasteiger charge is 2.33. The van der Waals surface area contributed by atoms with Crippen LogP contribution >= 0.6 is 0 Å². The summed E-state index contributed by atoms with van der Waals surface area (Å²) in [5.74, 6) is -0.543. The van der Waals surface area contributed by atoms with Gasteiger partial charge in [0.15, 0.2) is 11.6 Å². The minimum absolute atomic E-state index is 0.116. The number of anilines is 1. The van der Waals surface area contributed by atoms with Crippen molar-refractivity contribution in [1.82, 2.24) is 10.2 Å². The first-order valence-electron chi connectivity index (χ1n) is 11.9. The second-order valence-corrected chi connectivity index (χ2v) is 8.85. The maximum Gasteiger partial charge on any atom is 0.414 e. The van der Waals surface area contributed by atoms with E-state index >= 15 is 0 Å². The van der Waals surface area contributed by atoms with Crippen molar-refractivity contribution in [3.8, 4) is 5.75 Å². The Morgan fingerprint density at radius 3 is 2.57 bits per heavy atom. The number of carbonyl (C=O) groups excluding carboxylic acids is 3. The van der Waals surface area contributed by atoms with Crippen LogP contribution in [0.25, 0.3) is 0 Å². The number of cyclic esters (lactones) is 1. The highest BCUT2D eigenvalue weighted by atomic mass is 19.1. The van der Waals surface area contributed by atoms with E-state index in [4.69, 9.17) is 9.47 Å². The van der Waals surface area contributed by atoms with Crippen molar-refractivity contribution in [2.45, 2.75) is 44.8 Å². The van der Waals surface area contributed by atoms with E-state index < -0.39 is 18.0 Å². The van der Waals surface area contributed by atoms with Gasteiger partial charge in [0.25, 0.3) is 0 Å². The van der Waals surface area contributed by atoms with Gasteiger partial charge < -0.3 is 19.7 Å². The maximum absolute atomic E-state index is 14.8. The summed E-state index contributed by atoms with van der Waals surface area (Å²) in [6.45, 7) is 2.96. The molecule has 2 heterocycles. The SMILES string of the molecule is CC(=O)NC[C@H]1CN(c2ccc(OC3CCN(C(=O)CCc4ccccc4)CC3)c(F)c2)C(=O)O1. The third kappa shape index (κ3) is 6.49. The summed E-state index contributed by atoms with van der Waals surface area (Å²) in [5, 5.41) is 2.61. The van der Waals surface area contributed by atoms with Crippen molar-refractivity contribution in [3.63, 3.8) is 0 Å². The van der Waals surface area contributed by atoms with Gasteiger partial charge in [0, 0.05) is 45.3 Å². The van der Waals surface area contributed by atoms with Crippen LogP contribution in [-0.4, -0.2) is 61.2 Å². The lowest BCUT2D eigenvalue weighted by Crippen LogP contribution is -2.41. The zero-order valence-electron chi connectivity index (χ0n) is 19.7. The Bertz CT molecular complexity index is 1060. The van der Waals surface area contributed by atoms with Crippen LogP contribution in [0.15, 0.2) is 48.5 Å². The molecule has 2 aromatic carbocycles. The lowest BCUT2D eigenvalue weighted by atomic mass is 10.1. The lowest BCUT2D eigenvalue weighted by Gasteiger charge is -2.32. The minimum atomic E-state index is -0.585. The number of carbonyl (C=O) groups is 3. The van der Waals surface area contributed by atoms with Crippen molar-refractivity contribution in [2.24, 2.45) is 0 Å². The van der Waals surface area contributed by atoms with Crippen LogP contribution in [-0.2, 0) is 20.7 Å². The van der Waals surface area contributed by atoms with Crippen LogP contribution in [0.5, 0.6) is 5.75 Å². The molecule has 1 atom stereocenters. The zero-order chi connectivity index (χ0) is 24.8. The van der Waals surface area contributed by atoms with Crippen LogP contribution < -0.4 is 15.0 Å². The molecule has 1 N–H and O–H groups in total. The molecule has 9 heteroatoms. The molecule has 2 aliphatic heterocycles. The summed E-state index contributed by atoms with van der Waals surface area (Å²) in [6, 6.07) is 14.3. The second kappa shape index (κ2) is 11.2. The third-order valence-corrected chi connectivity index (χ3v) is 6.24. The number of benzene rings is 2. The quantitative estimate of drug-likeness (QED) is 0.623. The predicted molar refractivity (Wildman–Crippen MR) is 128 cm³/mol. The van der Waals surface area contributed by atoms with Gasteiger partial charge in [-0.3, -0.25) is 14.5 Å². The van der Waals surface area contributed by atoms with E-state index in [9.17, 15) is 18.8 Å². The number of rotatable bonds is 8. The number of nitrogens with zero attached hydrogens (tertiary/aromatic N) is 2. The summed E-state index contributed by atoms with van der Waals surface area (Å²) < 4.78 is 25.9. The Balaban J connectivity index is 1.25. The Kier molecular flexibility index (Phi) is 7.84. The molecule has 3 amide bonds. The van der Waals surface area contributed by atoms with Gasteiger partial charge in [-0.05, 0) is 24.1 Å². The molecule has 2 aliphatic rings. The number of amides is 3.